The molecule has 2 N–H and O–H groups in total. The van der Waals surface area contributed by atoms with Crippen molar-refractivity contribution in [3.05, 3.63) is 58.6 Å². The Bertz CT molecular complexity index is 798. The van der Waals surface area contributed by atoms with E-state index in [1.807, 2.05) is 6.07 Å². The third-order valence-electron chi connectivity index (χ3n) is 3.26. The molecule has 0 bridgehead atoms. The van der Waals surface area contributed by atoms with Crippen molar-refractivity contribution in [1.82, 2.24) is 0 Å². The minimum atomic E-state index is -4.62. The first-order valence-electron chi connectivity index (χ1n) is 7.20. The number of nitrogens with zero attached hydrogens (tertiary/aromatic N) is 1. The molecule has 2 aromatic carbocycles. The number of nitriles is 1. The molecule has 0 saturated carbocycles. The fraction of sp³-hybridized carbons (Fsp3) is 0.176. The second-order valence-corrected chi connectivity index (χ2v) is 5.54. The maximum atomic E-state index is 13.0. The number of hydrogen-bond acceptors (Lipinski definition) is 3. The Kier molecular flexibility index (Phi) is 5.88. The van der Waals surface area contributed by atoms with E-state index < -0.39 is 17.6 Å². The van der Waals surface area contributed by atoms with E-state index in [2.05, 4.69) is 10.6 Å². The van der Waals surface area contributed by atoms with E-state index in [0.717, 1.165) is 12.1 Å². The van der Waals surface area contributed by atoms with Gasteiger partial charge in [0.15, 0.2) is 0 Å². The minimum absolute atomic E-state index is 0.0279. The zero-order chi connectivity index (χ0) is 18.4. The number of carbonyl (C=O) groups excluding carboxylic acids is 1. The van der Waals surface area contributed by atoms with Crippen LogP contribution in [0.2, 0.25) is 5.02 Å². The number of carbonyl (C=O) groups is 1. The van der Waals surface area contributed by atoms with E-state index in [9.17, 15) is 18.0 Å². The first-order chi connectivity index (χ1) is 11.8. The fourth-order valence-electron chi connectivity index (χ4n) is 2.06. The third-order valence-corrected chi connectivity index (χ3v) is 3.49. The van der Waals surface area contributed by atoms with Crippen LogP contribution in [0.25, 0.3) is 0 Å². The van der Waals surface area contributed by atoms with E-state index in [1.165, 1.54) is 6.07 Å². The van der Waals surface area contributed by atoms with Gasteiger partial charge in [-0.3, -0.25) is 4.79 Å². The number of halogens is 4. The number of alkyl halides is 3. The van der Waals surface area contributed by atoms with Crippen LogP contribution in [0.5, 0.6) is 0 Å². The number of hydrogen-bond donors (Lipinski definition) is 2. The summed E-state index contributed by atoms with van der Waals surface area (Å²) in [5.41, 5.74) is -0.117. The smallest absolute Gasteiger partial charge is 0.385 e. The summed E-state index contributed by atoms with van der Waals surface area (Å²) in [5, 5.41) is 13.8. The predicted octanol–water partition coefficient (Wildman–Crippen LogP) is 4.67. The quantitative estimate of drug-likeness (QED) is 0.807. The summed E-state index contributed by atoms with van der Waals surface area (Å²) in [6.07, 6.45) is -4.64. The van der Waals surface area contributed by atoms with Crippen molar-refractivity contribution in [2.24, 2.45) is 0 Å². The molecular weight excluding hydrogens is 355 g/mol. The molecule has 0 radical (unpaired) electrons. The Balaban J connectivity index is 1.93. The maximum absolute atomic E-state index is 13.0. The molecule has 25 heavy (non-hydrogen) atoms. The Morgan fingerprint density at radius 1 is 1.16 bits per heavy atom. The SMILES string of the molecule is N#Cc1ccc(NCCC(=O)Nc2ccc(Cl)cc2C(F)(F)F)cc1. The average Bonchev–Trinajstić information content (AvgIpc) is 2.56. The maximum Gasteiger partial charge on any atom is 0.418 e. The van der Waals surface area contributed by atoms with Gasteiger partial charge in [0.2, 0.25) is 5.91 Å². The van der Waals surface area contributed by atoms with Crippen LogP contribution in [0.4, 0.5) is 24.5 Å². The second-order valence-electron chi connectivity index (χ2n) is 5.10. The van der Waals surface area contributed by atoms with Gasteiger partial charge in [-0.2, -0.15) is 18.4 Å². The summed E-state index contributed by atoms with van der Waals surface area (Å²) < 4.78 is 38.9. The molecule has 1 amide bonds. The molecule has 0 spiro atoms. The lowest BCUT2D eigenvalue weighted by Crippen LogP contribution is -2.19. The van der Waals surface area contributed by atoms with E-state index in [-0.39, 0.29) is 23.7 Å². The summed E-state index contributed by atoms with van der Waals surface area (Å²) in [4.78, 5) is 11.9. The number of benzene rings is 2. The van der Waals surface area contributed by atoms with Crippen LogP contribution in [-0.4, -0.2) is 12.5 Å². The molecule has 8 heteroatoms. The van der Waals surface area contributed by atoms with Crippen LogP contribution < -0.4 is 10.6 Å². The molecule has 0 atom stereocenters. The van der Waals surface area contributed by atoms with Crippen LogP contribution in [0, 0.1) is 11.3 Å². The summed E-state index contributed by atoms with van der Waals surface area (Å²) >= 11 is 5.59. The van der Waals surface area contributed by atoms with Gasteiger partial charge in [0, 0.05) is 23.7 Å². The standard InChI is InChI=1S/C17H13ClF3N3O/c18-12-3-6-15(14(9-12)17(19,20)21)24-16(25)7-8-23-13-4-1-11(10-22)2-5-13/h1-6,9,23H,7-8H2,(H,24,25). The zero-order valence-electron chi connectivity index (χ0n) is 12.8. The molecule has 0 aliphatic rings. The highest BCUT2D eigenvalue weighted by atomic mass is 35.5. The monoisotopic (exact) mass is 367 g/mol. The lowest BCUT2D eigenvalue weighted by atomic mass is 10.1. The van der Waals surface area contributed by atoms with Gasteiger partial charge in [0.05, 0.1) is 22.9 Å². The van der Waals surface area contributed by atoms with Gasteiger partial charge in [0.25, 0.3) is 0 Å². The second kappa shape index (κ2) is 7.90. The van der Waals surface area contributed by atoms with Gasteiger partial charge in [-0.15, -0.1) is 0 Å². The average molecular weight is 368 g/mol. The Labute approximate surface area is 147 Å². The van der Waals surface area contributed by atoms with Gasteiger partial charge >= 0.3 is 6.18 Å². The fourth-order valence-corrected chi connectivity index (χ4v) is 2.23. The summed E-state index contributed by atoms with van der Waals surface area (Å²) in [7, 11) is 0. The number of nitrogens with one attached hydrogen (secondary N) is 2. The van der Waals surface area contributed by atoms with Gasteiger partial charge < -0.3 is 10.6 Å². The Morgan fingerprint density at radius 3 is 2.44 bits per heavy atom. The highest BCUT2D eigenvalue weighted by Crippen LogP contribution is 2.36. The first-order valence-corrected chi connectivity index (χ1v) is 7.58. The van der Waals surface area contributed by atoms with Crippen molar-refractivity contribution < 1.29 is 18.0 Å². The van der Waals surface area contributed by atoms with Crippen LogP contribution >= 0.6 is 11.6 Å². The third kappa shape index (κ3) is 5.40. The predicted molar refractivity (Wildman–Crippen MR) is 89.3 cm³/mol. The minimum Gasteiger partial charge on any atom is -0.385 e. The molecule has 0 fully saturated rings. The summed E-state index contributed by atoms with van der Waals surface area (Å²) in [6.45, 7) is 0.229. The molecule has 0 saturated heterocycles. The lowest BCUT2D eigenvalue weighted by molar-refractivity contribution is -0.137. The molecule has 0 aliphatic heterocycles. The molecule has 4 nitrogen and oxygen atoms in total. The number of anilines is 2. The van der Waals surface area contributed by atoms with Crippen molar-refractivity contribution in [3.63, 3.8) is 0 Å². The van der Waals surface area contributed by atoms with Gasteiger partial charge in [-0.25, -0.2) is 0 Å². The number of rotatable bonds is 5. The first kappa shape index (κ1) is 18.6. The van der Waals surface area contributed by atoms with Crippen LogP contribution in [0.3, 0.4) is 0 Å². The van der Waals surface area contributed by atoms with E-state index >= 15 is 0 Å². The van der Waals surface area contributed by atoms with Crippen molar-refractivity contribution >= 4 is 28.9 Å². The lowest BCUT2D eigenvalue weighted by Gasteiger charge is -2.14. The van der Waals surface area contributed by atoms with Crippen LogP contribution in [0.15, 0.2) is 42.5 Å². The largest absolute Gasteiger partial charge is 0.418 e. The van der Waals surface area contributed by atoms with Gasteiger partial charge in [-0.1, -0.05) is 11.6 Å². The molecule has 2 rings (SSSR count). The van der Waals surface area contributed by atoms with Gasteiger partial charge in [0.1, 0.15) is 0 Å². The zero-order valence-corrected chi connectivity index (χ0v) is 13.6. The molecule has 2 aromatic rings. The van der Waals surface area contributed by atoms with E-state index in [1.54, 1.807) is 24.3 Å². The Morgan fingerprint density at radius 2 is 1.84 bits per heavy atom. The van der Waals surface area contributed by atoms with Crippen LogP contribution in [0.1, 0.15) is 17.5 Å². The summed E-state index contributed by atoms with van der Waals surface area (Å²) in [6, 6.07) is 11.7. The summed E-state index contributed by atoms with van der Waals surface area (Å²) in [5.74, 6) is -0.561. The van der Waals surface area contributed by atoms with E-state index in [4.69, 9.17) is 16.9 Å². The normalized spacial score (nSPS) is 10.8. The topological polar surface area (TPSA) is 64.9 Å². The molecule has 0 unspecified atom stereocenters. The highest BCUT2D eigenvalue weighted by molar-refractivity contribution is 6.30. The highest BCUT2D eigenvalue weighted by Gasteiger charge is 2.34. The van der Waals surface area contributed by atoms with Crippen molar-refractivity contribution in [2.45, 2.75) is 12.6 Å². The van der Waals surface area contributed by atoms with E-state index in [0.29, 0.717) is 11.3 Å². The molecule has 130 valence electrons. The molecule has 0 aromatic heterocycles. The van der Waals surface area contributed by atoms with Crippen molar-refractivity contribution in [2.75, 3.05) is 17.2 Å². The molecule has 0 aliphatic carbocycles. The molecular formula is C17H13ClF3N3O. The number of amides is 1. The van der Waals surface area contributed by atoms with Crippen molar-refractivity contribution in [3.8, 4) is 6.07 Å². The van der Waals surface area contributed by atoms with Crippen molar-refractivity contribution in [1.29, 1.82) is 5.26 Å². The molecule has 0 heterocycles. The van der Waals surface area contributed by atoms with Gasteiger partial charge in [-0.05, 0) is 42.5 Å². The van der Waals surface area contributed by atoms with Crippen LogP contribution in [-0.2, 0) is 11.0 Å². The Hall–Kier alpha value is -2.72.